The largest absolute Gasteiger partial charge is 0.481 e. The first kappa shape index (κ1) is 14.5. The number of hydrogen-bond acceptors (Lipinski definition) is 3. The lowest BCUT2D eigenvalue weighted by Crippen LogP contribution is -2.53. The summed E-state index contributed by atoms with van der Waals surface area (Å²) in [5.41, 5.74) is 1.86. The average Bonchev–Trinajstić information content (AvgIpc) is 2.35. The molecule has 0 aromatic heterocycles. The summed E-state index contributed by atoms with van der Waals surface area (Å²) < 4.78 is 0. The lowest BCUT2D eigenvalue weighted by Gasteiger charge is -2.40. The van der Waals surface area contributed by atoms with E-state index in [1.54, 1.807) is 6.92 Å². The number of nitrogens with one attached hydrogen (secondary N) is 1. The van der Waals surface area contributed by atoms with Crippen LogP contribution in [0.25, 0.3) is 0 Å². The molecule has 5 heteroatoms. The Balaban J connectivity index is 1.78. The van der Waals surface area contributed by atoms with E-state index >= 15 is 0 Å². The quantitative estimate of drug-likeness (QED) is 0.857. The van der Waals surface area contributed by atoms with Gasteiger partial charge < -0.3 is 10.4 Å². The molecule has 5 nitrogen and oxygen atoms in total. The smallest absolute Gasteiger partial charge is 0.306 e. The van der Waals surface area contributed by atoms with Crippen molar-refractivity contribution in [2.75, 3.05) is 25.0 Å². The number of hydrogen-bond donors (Lipinski definition) is 2. The molecule has 0 aliphatic carbocycles. The molecule has 0 radical (unpaired) electrons. The highest BCUT2D eigenvalue weighted by Gasteiger charge is 2.35. The number of anilines is 1. The van der Waals surface area contributed by atoms with Crippen LogP contribution in [0.3, 0.4) is 0 Å². The van der Waals surface area contributed by atoms with Crippen LogP contribution < -0.4 is 5.32 Å². The zero-order chi connectivity index (χ0) is 14.7. The minimum atomic E-state index is -0.765. The highest BCUT2D eigenvalue weighted by Crippen LogP contribution is 2.23. The van der Waals surface area contributed by atoms with Crippen molar-refractivity contribution in [1.82, 2.24) is 4.90 Å². The Kier molecular flexibility index (Phi) is 4.39. The van der Waals surface area contributed by atoms with E-state index < -0.39 is 5.97 Å². The fourth-order valence-electron chi connectivity index (χ4n) is 2.36. The summed E-state index contributed by atoms with van der Waals surface area (Å²) in [7, 11) is 0. The van der Waals surface area contributed by atoms with Gasteiger partial charge in [0.2, 0.25) is 5.91 Å². The van der Waals surface area contributed by atoms with Crippen LogP contribution in [-0.2, 0) is 9.59 Å². The number of likely N-dealkylation sites (tertiary alicyclic amines) is 1. The van der Waals surface area contributed by atoms with Gasteiger partial charge in [0.15, 0.2) is 0 Å². The van der Waals surface area contributed by atoms with Crippen LogP contribution >= 0.6 is 0 Å². The predicted molar refractivity (Wildman–Crippen MR) is 76.5 cm³/mol. The Morgan fingerprint density at radius 1 is 1.40 bits per heavy atom. The molecule has 1 fully saturated rings. The van der Waals surface area contributed by atoms with Gasteiger partial charge in [0.05, 0.1) is 12.5 Å². The van der Waals surface area contributed by atoms with Crippen molar-refractivity contribution >= 4 is 17.6 Å². The molecule has 1 aromatic carbocycles. The normalized spacial score (nSPS) is 17.3. The molecule has 108 valence electrons. The number of carboxylic acids is 1. The topological polar surface area (TPSA) is 69.6 Å². The van der Waals surface area contributed by atoms with Gasteiger partial charge in [-0.25, -0.2) is 0 Å². The number of carboxylic acid groups (broad SMARTS) is 1. The second-order valence-electron chi connectivity index (χ2n) is 5.44. The molecule has 1 aromatic rings. The summed E-state index contributed by atoms with van der Waals surface area (Å²) >= 11 is 0. The molecule has 0 spiro atoms. The molecule has 0 saturated carbocycles. The zero-order valence-corrected chi connectivity index (χ0v) is 11.8. The predicted octanol–water partition coefficient (Wildman–Crippen LogP) is 1.59. The van der Waals surface area contributed by atoms with E-state index in [4.69, 9.17) is 5.11 Å². The number of rotatable bonds is 5. The summed E-state index contributed by atoms with van der Waals surface area (Å²) in [6.07, 6.45) is 0. The van der Waals surface area contributed by atoms with Crippen LogP contribution in [0.4, 0.5) is 5.69 Å². The van der Waals surface area contributed by atoms with Gasteiger partial charge in [-0.1, -0.05) is 25.1 Å². The second kappa shape index (κ2) is 6.05. The molecule has 1 heterocycles. The van der Waals surface area contributed by atoms with Crippen LogP contribution in [0, 0.1) is 18.8 Å². The maximum Gasteiger partial charge on any atom is 0.306 e. The Morgan fingerprint density at radius 2 is 2.05 bits per heavy atom. The van der Waals surface area contributed by atoms with E-state index in [1.807, 2.05) is 36.1 Å². The lowest BCUT2D eigenvalue weighted by molar-refractivity contribution is -0.145. The first-order valence-corrected chi connectivity index (χ1v) is 6.78. The van der Waals surface area contributed by atoms with Crippen LogP contribution in [-0.4, -0.2) is 41.5 Å². The van der Waals surface area contributed by atoms with Gasteiger partial charge in [-0.15, -0.1) is 0 Å². The summed E-state index contributed by atoms with van der Waals surface area (Å²) in [5.74, 6) is -1.01. The summed E-state index contributed by atoms with van der Waals surface area (Å²) in [6, 6.07) is 7.64. The lowest BCUT2D eigenvalue weighted by atomic mass is 9.87. The van der Waals surface area contributed by atoms with Crippen molar-refractivity contribution in [2.45, 2.75) is 13.8 Å². The van der Waals surface area contributed by atoms with E-state index in [0.717, 1.165) is 11.3 Å². The zero-order valence-electron chi connectivity index (χ0n) is 11.8. The van der Waals surface area contributed by atoms with Crippen LogP contribution in [0.2, 0.25) is 0 Å². The molecule has 1 aliphatic rings. The van der Waals surface area contributed by atoms with Crippen molar-refractivity contribution in [1.29, 1.82) is 0 Å². The van der Waals surface area contributed by atoms with Gasteiger partial charge in [0.25, 0.3) is 0 Å². The molecule has 2 rings (SSSR count). The number of carbonyl (C=O) groups excluding carboxylic acids is 1. The monoisotopic (exact) mass is 276 g/mol. The second-order valence-corrected chi connectivity index (χ2v) is 5.44. The van der Waals surface area contributed by atoms with Crippen LogP contribution in [0.1, 0.15) is 12.5 Å². The van der Waals surface area contributed by atoms with E-state index in [0.29, 0.717) is 19.6 Å². The van der Waals surface area contributed by atoms with Crippen molar-refractivity contribution in [3.8, 4) is 0 Å². The molecule has 0 bridgehead atoms. The maximum atomic E-state index is 11.9. The van der Waals surface area contributed by atoms with Gasteiger partial charge in [0, 0.05) is 18.8 Å². The highest BCUT2D eigenvalue weighted by atomic mass is 16.4. The fourth-order valence-corrected chi connectivity index (χ4v) is 2.36. The summed E-state index contributed by atoms with van der Waals surface area (Å²) in [4.78, 5) is 24.7. The van der Waals surface area contributed by atoms with Gasteiger partial charge in [-0.05, 0) is 24.5 Å². The Morgan fingerprint density at radius 3 is 2.65 bits per heavy atom. The van der Waals surface area contributed by atoms with Crippen molar-refractivity contribution in [2.24, 2.45) is 11.8 Å². The van der Waals surface area contributed by atoms with Gasteiger partial charge in [-0.2, -0.15) is 0 Å². The van der Waals surface area contributed by atoms with Gasteiger partial charge in [0.1, 0.15) is 0 Å². The molecular weight excluding hydrogens is 256 g/mol. The minimum Gasteiger partial charge on any atom is -0.481 e. The number of carbonyl (C=O) groups is 2. The molecule has 20 heavy (non-hydrogen) atoms. The SMILES string of the molecule is Cc1ccccc1NC(=O)CN1CC(C(C)C(=O)O)C1. The Labute approximate surface area is 118 Å². The molecule has 1 saturated heterocycles. The first-order valence-electron chi connectivity index (χ1n) is 6.78. The van der Waals surface area contributed by atoms with E-state index in [-0.39, 0.29) is 17.7 Å². The third-order valence-corrected chi connectivity index (χ3v) is 3.87. The molecule has 1 amide bonds. The molecule has 1 aliphatic heterocycles. The minimum absolute atomic E-state index is 0.0549. The number of nitrogens with zero attached hydrogens (tertiary/aromatic N) is 1. The fraction of sp³-hybridized carbons (Fsp3) is 0.467. The van der Waals surface area contributed by atoms with Crippen LogP contribution in [0.5, 0.6) is 0 Å². The number of benzene rings is 1. The molecule has 1 atom stereocenters. The Bertz CT molecular complexity index is 510. The molecule has 2 N–H and O–H groups in total. The van der Waals surface area contributed by atoms with Gasteiger partial charge >= 0.3 is 5.97 Å². The number of aryl methyl sites for hydroxylation is 1. The van der Waals surface area contributed by atoms with E-state index in [1.165, 1.54) is 0 Å². The number of amides is 1. The van der Waals surface area contributed by atoms with E-state index in [2.05, 4.69) is 5.32 Å². The van der Waals surface area contributed by atoms with E-state index in [9.17, 15) is 9.59 Å². The number of para-hydroxylation sites is 1. The van der Waals surface area contributed by atoms with Gasteiger partial charge in [-0.3, -0.25) is 14.5 Å². The summed E-state index contributed by atoms with van der Waals surface area (Å²) in [6.45, 7) is 5.34. The third kappa shape index (κ3) is 3.36. The molecular formula is C15H20N2O3. The van der Waals surface area contributed by atoms with Crippen LogP contribution in [0.15, 0.2) is 24.3 Å². The molecule has 1 unspecified atom stereocenters. The first-order chi connectivity index (χ1) is 9.47. The third-order valence-electron chi connectivity index (χ3n) is 3.87. The average molecular weight is 276 g/mol. The van der Waals surface area contributed by atoms with Crippen molar-refractivity contribution in [3.63, 3.8) is 0 Å². The Hall–Kier alpha value is -1.88. The maximum absolute atomic E-state index is 11.9. The standard InChI is InChI=1S/C15H20N2O3/c1-10-5-3-4-6-13(10)16-14(18)9-17-7-12(8-17)11(2)15(19)20/h3-6,11-12H,7-9H2,1-2H3,(H,16,18)(H,19,20). The van der Waals surface area contributed by atoms with Crippen molar-refractivity contribution in [3.05, 3.63) is 29.8 Å². The summed E-state index contributed by atoms with van der Waals surface area (Å²) in [5, 5.41) is 11.8. The van der Waals surface area contributed by atoms with Crippen molar-refractivity contribution < 1.29 is 14.7 Å². The highest BCUT2D eigenvalue weighted by molar-refractivity contribution is 5.93. The number of aliphatic carboxylic acids is 1.